The normalized spacial score (nSPS) is 22.6. The summed E-state index contributed by atoms with van der Waals surface area (Å²) in [5.41, 5.74) is 1.37. The van der Waals surface area contributed by atoms with Crippen molar-refractivity contribution in [3.63, 3.8) is 0 Å². The first-order chi connectivity index (χ1) is 12.6. The Morgan fingerprint density at radius 2 is 2.12 bits per heavy atom. The van der Waals surface area contributed by atoms with E-state index in [9.17, 15) is 9.90 Å². The van der Waals surface area contributed by atoms with Crippen LogP contribution in [0.1, 0.15) is 23.0 Å². The van der Waals surface area contributed by atoms with Crippen molar-refractivity contribution in [3.8, 4) is 0 Å². The number of aromatic nitrogens is 4. The summed E-state index contributed by atoms with van der Waals surface area (Å²) in [7, 11) is 0. The smallest absolute Gasteiger partial charge is 0.338 e. The van der Waals surface area contributed by atoms with Crippen molar-refractivity contribution in [2.75, 3.05) is 6.61 Å². The van der Waals surface area contributed by atoms with Gasteiger partial charge in [0.05, 0.1) is 18.0 Å². The van der Waals surface area contributed by atoms with Crippen molar-refractivity contribution in [2.24, 2.45) is 0 Å². The molecule has 0 unspecified atom stereocenters. The van der Waals surface area contributed by atoms with Crippen molar-refractivity contribution in [1.29, 1.82) is 0 Å². The molecule has 4 rings (SSSR count). The van der Waals surface area contributed by atoms with Crippen LogP contribution in [0.15, 0.2) is 43.0 Å². The van der Waals surface area contributed by atoms with Gasteiger partial charge in [-0.15, -0.1) is 0 Å². The van der Waals surface area contributed by atoms with E-state index < -0.39 is 24.4 Å². The van der Waals surface area contributed by atoms with Gasteiger partial charge >= 0.3 is 5.97 Å². The van der Waals surface area contributed by atoms with Gasteiger partial charge in [-0.2, -0.15) is 0 Å². The Hall–Kier alpha value is -2.55. The molecule has 3 aromatic rings. The summed E-state index contributed by atoms with van der Waals surface area (Å²) < 4.78 is 12.7. The van der Waals surface area contributed by atoms with E-state index in [4.69, 9.17) is 21.1 Å². The van der Waals surface area contributed by atoms with Crippen LogP contribution in [0.25, 0.3) is 11.2 Å². The molecule has 134 valence electrons. The third-order valence-corrected chi connectivity index (χ3v) is 4.44. The molecule has 1 saturated heterocycles. The minimum Gasteiger partial charge on any atom is -0.459 e. The van der Waals surface area contributed by atoms with E-state index >= 15 is 0 Å². The van der Waals surface area contributed by atoms with Crippen LogP contribution in [-0.2, 0) is 9.47 Å². The zero-order chi connectivity index (χ0) is 18.1. The van der Waals surface area contributed by atoms with Gasteiger partial charge in [-0.3, -0.25) is 4.57 Å². The molecule has 0 bridgehead atoms. The lowest BCUT2D eigenvalue weighted by Gasteiger charge is -2.16. The highest BCUT2D eigenvalue weighted by atomic mass is 35.5. The number of benzene rings is 1. The van der Waals surface area contributed by atoms with Gasteiger partial charge in [0.25, 0.3) is 0 Å². The Kier molecular flexibility index (Phi) is 4.54. The van der Waals surface area contributed by atoms with E-state index in [2.05, 4.69) is 15.0 Å². The number of aliphatic hydroxyl groups is 1. The van der Waals surface area contributed by atoms with E-state index in [-0.39, 0.29) is 11.8 Å². The SMILES string of the molecule is O=C(OC[C@@H]1C[C@@H](O)[C@H](n2cnc3c(Cl)ncnc32)O1)c1ccccc1. The highest BCUT2D eigenvalue weighted by Crippen LogP contribution is 2.32. The Morgan fingerprint density at radius 3 is 2.92 bits per heavy atom. The largest absolute Gasteiger partial charge is 0.459 e. The average molecular weight is 375 g/mol. The second-order valence-electron chi connectivity index (χ2n) is 5.90. The van der Waals surface area contributed by atoms with Crippen LogP contribution < -0.4 is 0 Å². The number of carbonyl (C=O) groups is 1. The number of carbonyl (C=O) groups excluding carboxylic acids is 1. The maximum absolute atomic E-state index is 12.0. The highest BCUT2D eigenvalue weighted by molar-refractivity contribution is 6.33. The molecule has 0 aliphatic carbocycles. The van der Waals surface area contributed by atoms with Gasteiger partial charge in [-0.25, -0.2) is 19.7 Å². The maximum Gasteiger partial charge on any atom is 0.338 e. The number of halogens is 1. The number of fused-ring (bicyclic) bond motifs is 1. The lowest BCUT2D eigenvalue weighted by atomic mass is 10.2. The van der Waals surface area contributed by atoms with Crippen LogP contribution in [-0.4, -0.2) is 49.4 Å². The fourth-order valence-electron chi connectivity index (χ4n) is 2.92. The lowest BCUT2D eigenvalue weighted by molar-refractivity contribution is -0.0531. The van der Waals surface area contributed by atoms with E-state index in [0.717, 1.165) is 0 Å². The molecule has 0 radical (unpaired) electrons. The predicted molar refractivity (Wildman–Crippen MR) is 91.6 cm³/mol. The standard InChI is InChI=1S/C17H15ClN4O4/c18-14-13-15(20-8-19-14)22(9-21-13)16-12(23)6-11(26-16)7-25-17(24)10-4-2-1-3-5-10/h1-5,8-9,11-12,16,23H,6-7H2/t11-,12+,16+/m0/s1. The van der Waals surface area contributed by atoms with Crippen molar-refractivity contribution in [2.45, 2.75) is 24.9 Å². The number of nitrogens with zero attached hydrogens (tertiary/aromatic N) is 4. The van der Waals surface area contributed by atoms with Crippen LogP contribution in [0, 0.1) is 0 Å². The maximum atomic E-state index is 12.0. The predicted octanol–water partition coefficient (Wildman–Crippen LogP) is 1.99. The number of imidazole rings is 1. The van der Waals surface area contributed by atoms with Crippen LogP contribution in [0.5, 0.6) is 0 Å². The zero-order valence-electron chi connectivity index (χ0n) is 13.5. The molecule has 1 aromatic carbocycles. The Labute approximate surface area is 153 Å². The molecular weight excluding hydrogens is 360 g/mol. The first-order valence-electron chi connectivity index (χ1n) is 8.02. The molecule has 1 N–H and O–H groups in total. The summed E-state index contributed by atoms with van der Waals surface area (Å²) in [4.78, 5) is 24.2. The van der Waals surface area contributed by atoms with E-state index in [1.807, 2.05) is 6.07 Å². The van der Waals surface area contributed by atoms with Crippen LogP contribution in [0.3, 0.4) is 0 Å². The average Bonchev–Trinajstić information content (AvgIpc) is 3.24. The first kappa shape index (κ1) is 16.9. The summed E-state index contributed by atoms with van der Waals surface area (Å²) in [6.07, 6.45) is 1.23. The number of rotatable bonds is 4. The summed E-state index contributed by atoms with van der Waals surface area (Å²) >= 11 is 6.00. The minimum absolute atomic E-state index is 0.0453. The fraction of sp³-hybridized carbons (Fsp3) is 0.294. The number of hydrogen-bond donors (Lipinski definition) is 1. The van der Waals surface area contributed by atoms with Gasteiger partial charge in [-0.05, 0) is 12.1 Å². The molecule has 2 aromatic heterocycles. The van der Waals surface area contributed by atoms with Gasteiger partial charge in [0.15, 0.2) is 17.0 Å². The second kappa shape index (κ2) is 6.99. The second-order valence-corrected chi connectivity index (χ2v) is 6.26. The molecule has 9 heteroatoms. The van der Waals surface area contributed by atoms with Gasteiger partial charge in [0.2, 0.25) is 0 Å². The zero-order valence-corrected chi connectivity index (χ0v) is 14.3. The molecule has 8 nitrogen and oxygen atoms in total. The summed E-state index contributed by atoms with van der Waals surface area (Å²) in [5, 5.41) is 10.6. The molecule has 3 atom stereocenters. The molecule has 0 amide bonds. The van der Waals surface area contributed by atoms with Crippen LogP contribution >= 0.6 is 11.6 Å². The van der Waals surface area contributed by atoms with Gasteiger partial charge in [0, 0.05) is 6.42 Å². The Balaban J connectivity index is 1.44. The lowest BCUT2D eigenvalue weighted by Crippen LogP contribution is -2.20. The Bertz CT molecular complexity index is 933. The van der Waals surface area contributed by atoms with E-state index in [1.54, 1.807) is 28.8 Å². The van der Waals surface area contributed by atoms with Crippen LogP contribution in [0.2, 0.25) is 5.15 Å². The third kappa shape index (κ3) is 3.14. The first-order valence-corrected chi connectivity index (χ1v) is 8.40. The summed E-state index contributed by atoms with van der Waals surface area (Å²) in [6.45, 7) is 0.0453. The minimum atomic E-state index is -0.790. The molecule has 3 heterocycles. The number of aliphatic hydroxyl groups excluding tert-OH is 1. The Morgan fingerprint density at radius 1 is 1.31 bits per heavy atom. The number of ether oxygens (including phenoxy) is 2. The molecule has 1 aliphatic heterocycles. The summed E-state index contributed by atoms with van der Waals surface area (Å²) in [6, 6.07) is 8.70. The molecule has 0 saturated carbocycles. The monoisotopic (exact) mass is 374 g/mol. The fourth-order valence-corrected chi connectivity index (χ4v) is 3.10. The van der Waals surface area contributed by atoms with Crippen molar-refractivity contribution in [1.82, 2.24) is 19.5 Å². The van der Waals surface area contributed by atoms with E-state index in [0.29, 0.717) is 23.1 Å². The third-order valence-electron chi connectivity index (χ3n) is 4.16. The molecule has 26 heavy (non-hydrogen) atoms. The summed E-state index contributed by atoms with van der Waals surface area (Å²) in [5.74, 6) is -0.431. The van der Waals surface area contributed by atoms with Crippen molar-refractivity contribution < 1.29 is 19.4 Å². The van der Waals surface area contributed by atoms with Gasteiger partial charge in [0.1, 0.15) is 24.6 Å². The van der Waals surface area contributed by atoms with Crippen molar-refractivity contribution >= 4 is 28.7 Å². The number of esters is 1. The molecule has 0 spiro atoms. The van der Waals surface area contributed by atoms with Gasteiger partial charge in [-0.1, -0.05) is 29.8 Å². The number of hydrogen-bond acceptors (Lipinski definition) is 7. The topological polar surface area (TPSA) is 99.4 Å². The quantitative estimate of drug-likeness (QED) is 0.550. The van der Waals surface area contributed by atoms with Crippen LogP contribution in [0.4, 0.5) is 0 Å². The van der Waals surface area contributed by atoms with Gasteiger partial charge < -0.3 is 14.6 Å². The molecular formula is C17H15ClN4O4. The van der Waals surface area contributed by atoms with E-state index in [1.165, 1.54) is 12.7 Å². The molecule has 1 aliphatic rings. The van der Waals surface area contributed by atoms with Crippen molar-refractivity contribution in [3.05, 3.63) is 53.7 Å². The highest BCUT2D eigenvalue weighted by Gasteiger charge is 2.37. The molecule has 1 fully saturated rings.